The minimum absolute atomic E-state index is 0.840. The van der Waals surface area contributed by atoms with Crippen molar-refractivity contribution in [2.45, 2.75) is 0 Å². The molecule has 0 radical (unpaired) electrons. The van der Waals surface area contributed by atoms with Gasteiger partial charge in [0.1, 0.15) is 0 Å². The first-order valence-corrected chi connectivity index (χ1v) is 38.7. The molecule has 88 heavy (non-hydrogen) atoms. The predicted molar refractivity (Wildman–Crippen MR) is 363 cm³/mol. The summed E-state index contributed by atoms with van der Waals surface area (Å²) < 4.78 is 25.6. The molecule has 410 valence electrons. The molecule has 2 unspecified atom stereocenters. The Kier molecular flexibility index (Phi) is 9.23. The van der Waals surface area contributed by atoms with E-state index in [-0.39, 0.29) is 0 Å². The predicted octanol–water partition coefficient (Wildman–Crippen LogP) is 15.4. The minimum atomic E-state index is -4.69. The zero-order chi connectivity index (χ0) is 57.1. The van der Waals surface area contributed by atoms with Crippen LogP contribution in [0.15, 0.2) is 291 Å². The molecule has 0 saturated heterocycles. The van der Waals surface area contributed by atoms with E-state index in [0.717, 1.165) is 68.5 Å². The number of rotatable bonds is 6. The van der Waals surface area contributed by atoms with Crippen molar-refractivity contribution in [1.29, 1.82) is 0 Å². The number of benzene rings is 13. The quantitative estimate of drug-likeness (QED) is 0.153. The van der Waals surface area contributed by atoms with Crippen molar-refractivity contribution in [2.24, 2.45) is 0 Å². The Labute approximate surface area is 513 Å². The van der Waals surface area contributed by atoms with Gasteiger partial charge in [-0.3, -0.25) is 0 Å². The van der Waals surface area contributed by atoms with Gasteiger partial charge in [0.25, 0.3) is 0 Å². The van der Waals surface area contributed by atoms with Crippen molar-refractivity contribution in [3.63, 3.8) is 0 Å². The number of ether oxygens (including phenoxy) is 2. The summed E-state index contributed by atoms with van der Waals surface area (Å²) in [5.74, 6) is 3.41. The van der Waals surface area contributed by atoms with Gasteiger partial charge in [-0.25, -0.2) is 0 Å². The van der Waals surface area contributed by atoms with E-state index in [1.165, 1.54) is 92.0 Å². The van der Waals surface area contributed by atoms with E-state index >= 15 is 0 Å². The molecule has 10 heteroatoms. The summed E-state index contributed by atoms with van der Waals surface area (Å²) in [6.07, 6.45) is 0. The molecule has 8 aliphatic heterocycles. The molecule has 8 nitrogen and oxygen atoms in total. The summed E-state index contributed by atoms with van der Waals surface area (Å²) in [4.78, 5) is 16.0. The second-order valence-electron chi connectivity index (χ2n) is 23.8. The first-order chi connectivity index (χ1) is 43.7. The van der Waals surface area contributed by atoms with E-state index in [4.69, 9.17) is 9.47 Å². The van der Waals surface area contributed by atoms with E-state index in [1.807, 2.05) is 0 Å². The summed E-state index contributed by atoms with van der Waals surface area (Å²) in [5.41, 5.74) is 20.7. The Balaban J connectivity index is 1.08. The molecule has 0 bridgehead atoms. The van der Waals surface area contributed by atoms with E-state index in [9.17, 15) is 0 Å². The van der Waals surface area contributed by atoms with Crippen LogP contribution in [0.5, 0.6) is 23.0 Å². The summed E-state index contributed by atoms with van der Waals surface area (Å²) in [7, 11) is 0. The Bertz CT molecular complexity index is 4870. The number of hydrogen-bond acceptors (Lipinski definition) is 8. The van der Waals surface area contributed by atoms with E-state index in [2.05, 4.69) is 321 Å². The van der Waals surface area contributed by atoms with Gasteiger partial charge in [-0.2, -0.15) is 0 Å². The van der Waals surface area contributed by atoms with Crippen LogP contribution in [0.25, 0.3) is 0 Å². The third kappa shape index (κ3) is 5.57. The van der Waals surface area contributed by atoms with Crippen LogP contribution in [0, 0.1) is 0 Å². The third-order valence-electron chi connectivity index (χ3n) is 19.8. The number of hydrogen-bond donors (Lipinski definition) is 0. The van der Waals surface area contributed by atoms with Crippen LogP contribution in [-0.4, -0.2) is 26.5 Å². The van der Waals surface area contributed by atoms with E-state index in [0.29, 0.717) is 0 Å². The van der Waals surface area contributed by atoms with Crippen molar-refractivity contribution in [3.05, 3.63) is 291 Å². The first kappa shape index (κ1) is 47.6. The number of nitrogens with zero attached hydrogens (tertiary/aromatic N) is 6. The topological polar surface area (TPSA) is 37.9 Å². The van der Waals surface area contributed by atoms with Gasteiger partial charge in [0, 0.05) is 0 Å². The van der Waals surface area contributed by atoms with Gasteiger partial charge in [0.05, 0.1) is 0 Å². The Hall–Kier alpha value is -10.7. The summed E-state index contributed by atoms with van der Waals surface area (Å²) >= 11 is -9.38. The number of anilines is 18. The Morgan fingerprint density at radius 1 is 0.182 bits per heavy atom. The molecule has 0 aliphatic carbocycles. The van der Waals surface area contributed by atoms with Gasteiger partial charge < -0.3 is 0 Å². The van der Waals surface area contributed by atoms with Crippen LogP contribution < -0.4 is 74.0 Å². The summed E-state index contributed by atoms with van der Waals surface area (Å²) in [6, 6.07) is 110. The molecule has 0 spiro atoms. The van der Waals surface area contributed by atoms with Crippen molar-refractivity contribution >= 4 is 164 Å². The molecule has 0 aromatic heterocycles. The zero-order valence-corrected chi connectivity index (χ0v) is 51.4. The molecule has 0 N–H and O–H groups in total. The standard InChI is InChI=1S/C78H48Ge2N6O2/c1-7-25-49(26-8-1)79-67-57-39-23-41-59(67)85-55-37-19-21-43-63(55)87-65-47-45-61(69(79)73(65)85)83(53-33-15-5-16-34-53)77-71(79)75(81(57)51-29-11-3-12-30-51)78-72-76(77)82(52-31-13-4-14-32-52)58-40-24-42-60-68(58)80(72,50-27-9-2-10-28-50)70-62(84(78)54-35-17-6-18-36-54)46-48-66-74(70)86(60)56-38-20-22-44-64(56)88-66/h1-48H. The van der Waals surface area contributed by atoms with Gasteiger partial charge in [0.15, 0.2) is 0 Å². The van der Waals surface area contributed by atoms with Gasteiger partial charge in [-0.1, -0.05) is 0 Å². The fourth-order valence-electron chi connectivity index (χ4n) is 17.0. The Morgan fingerprint density at radius 3 is 0.795 bits per heavy atom. The summed E-state index contributed by atoms with van der Waals surface area (Å²) in [6.45, 7) is 0. The maximum absolute atomic E-state index is 7.31. The molecule has 2 atom stereocenters. The molecular formula is C78H48Ge2N6O2. The van der Waals surface area contributed by atoms with Crippen LogP contribution >= 0.6 is 0 Å². The van der Waals surface area contributed by atoms with Gasteiger partial charge in [-0.05, 0) is 0 Å². The second-order valence-corrected chi connectivity index (χ2v) is 38.8. The van der Waals surface area contributed by atoms with Gasteiger partial charge in [0.2, 0.25) is 0 Å². The van der Waals surface area contributed by atoms with Crippen LogP contribution in [0.1, 0.15) is 0 Å². The Morgan fingerprint density at radius 2 is 0.455 bits per heavy atom. The van der Waals surface area contributed by atoms with Crippen LogP contribution in [-0.2, 0) is 0 Å². The fourth-order valence-corrected chi connectivity index (χ4v) is 41.4. The van der Waals surface area contributed by atoms with Crippen molar-refractivity contribution in [2.75, 3.05) is 29.4 Å². The average molecular weight is 1250 g/mol. The molecule has 21 rings (SSSR count). The normalized spacial score (nSPS) is 17.7. The van der Waals surface area contributed by atoms with Crippen LogP contribution in [0.3, 0.4) is 0 Å². The number of fused-ring (bicyclic) bond motifs is 8. The number of para-hydroxylation sites is 8. The second kappa shape index (κ2) is 17.1. The molecule has 13 aromatic rings. The SMILES string of the molecule is c1ccc(N2c3cccc4[c]3[Ge]3([c]5ccccc5)[c]5c(ccc6c5N4c4ccccc4O6)N(c4ccccc4)c4c5[c]6c(c2[c]43)N(c2ccccc2)c2ccc3c4[c]2[Ge]6([c]2ccccc2)[c]2c(cccc2N4c2ccccc2O3)N5c2ccccc2)cc1. The fraction of sp³-hybridized carbons (Fsp3) is 0. The third-order valence-corrected chi connectivity index (χ3v) is 40.5. The molecule has 8 aliphatic rings. The van der Waals surface area contributed by atoms with E-state index < -0.39 is 26.5 Å². The van der Waals surface area contributed by atoms with Crippen LogP contribution in [0.2, 0.25) is 0 Å². The molecule has 0 amide bonds. The molecule has 8 heterocycles. The first-order valence-electron chi connectivity index (χ1n) is 30.3. The van der Waals surface area contributed by atoms with E-state index in [1.54, 1.807) is 0 Å². The molecule has 0 fully saturated rings. The van der Waals surface area contributed by atoms with Crippen LogP contribution in [0.4, 0.5) is 102 Å². The van der Waals surface area contributed by atoms with Gasteiger partial charge >= 0.3 is 517 Å². The maximum atomic E-state index is 7.31. The van der Waals surface area contributed by atoms with Gasteiger partial charge in [-0.15, -0.1) is 0 Å². The molecular weight excluding hydrogens is 1200 g/mol. The van der Waals surface area contributed by atoms with Crippen molar-refractivity contribution < 1.29 is 9.47 Å². The molecule has 0 saturated carbocycles. The van der Waals surface area contributed by atoms with Crippen molar-refractivity contribution in [1.82, 2.24) is 0 Å². The molecule has 13 aromatic carbocycles. The monoisotopic (exact) mass is 1250 g/mol. The van der Waals surface area contributed by atoms with Crippen molar-refractivity contribution in [3.8, 4) is 23.0 Å². The average Bonchev–Trinajstić information content (AvgIpc) is 0.631. The zero-order valence-electron chi connectivity index (χ0n) is 47.2. The summed E-state index contributed by atoms with van der Waals surface area (Å²) in [5, 5.41) is 0.